The topological polar surface area (TPSA) is 38.0 Å². The third-order valence-electron chi connectivity index (χ3n) is 4.26. The van der Waals surface area contributed by atoms with Crippen molar-refractivity contribution in [3.05, 3.63) is 52.3 Å². The lowest BCUT2D eigenvalue weighted by molar-refractivity contribution is 0.114. The van der Waals surface area contributed by atoms with Crippen molar-refractivity contribution < 1.29 is 5.11 Å². The Bertz CT molecular complexity index is 584. The summed E-state index contributed by atoms with van der Waals surface area (Å²) in [6.07, 6.45) is 0.473. The Hall–Kier alpha value is -1.61. The first-order chi connectivity index (χ1) is 9.45. The Morgan fingerprint density at radius 2 is 1.75 bits per heavy atom. The van der Waals surface area contributed by atoms with Crippen LogP contribution in [0.2, 0.25) is 0 Å². The maximum absolute atomic E-state index is 10.6. The van der Waals surface area contributed by atoms with Crippen molar-refractivity contribution in [3.63, 3.8) is 0 Å². The lowest BCUT2D eigenvalue weighted by atomic mass is 10.0. The van der Waals surface area contributed by atoms with Gasteiger partial charge in [-0.3, -0.25) is 4.68 Å². The molecule has 20 heavy (non-hydrogen) atoms. The van der Waals surface area contributed by atoms with Crippen LogP contribution in [-0.4, -0.2) is 14.9 Å². The Labute approximate surface area is 121 Å². The van der Waals surface area contributed by atoms with E-state index in [0.717, 1.165) is 23.4 Å². The molecular weight excluding hydrogens is 248 g/mol. The molecule has 2 atom stereocenters. The van der Waals surface area contributed by atoms with Gasteiger partial charge in [-0.1, -0.05) is 31.2 Å². The fourth-order valence-corrected chi connectivity index (χ4v) is 2.50. The summed E-state index contributed by atoms with van der Waals surface area (Å²) in [5.41, 5.74) is 5.59. The molecule has 0 aliphatic heterocycles. The third kappa shape index (κ3) is 2.63. The smallest absolute Gasteiger partial charge is 0.101 e. The van der Waals surface area contributed by atoms with Gasteiger partial charge in [0.25, 0.3) is 0 Å². The van der Waals surface area contributed by atoms with Crippen LogP contribution in [0.15, 0.2) is 24.3 Å². The molecule has 0 radical (unpaired) electrons. The van der Waals surface area contributed by atoms with Crippen molar-refractivity contribution in [2.45, 2.75) is 53.2 Å². The first kappa shape index (κ1) is 14.8. The quantitative estimate of drug-likeness (QED) is 0.922. The lowest BCUT2D eigenvalue weighted by Crippen LogP contribution is -2.17. The van der Waals surface area contributed by atoms with Crippen molar-refractivity contribution in [1.29, 1.82) is 0 Å². The van der Waals surface area contributed by atoms with Gasteiger partial charge in [-0.15, -0.1) is 0 Å². The Balaban J connectivity index is 2.27. The van der Waals surface area contributed by atoms with E-state index in [1.165, 1.54) is 11.1 Å². The number of aliphatic hydroxyl groups is 1. The number of nitrogens with zero attached hydrogens (tertiary/aromatic N) is 2. The Morgan fingerprint density at radius 1 is 1.15 bits per heavy atom. The Morgan fingerprint density at radius 3 is 2.20 bits per heavy atom. The normalized spacial score (nSPS) is 14.3. The van der Waals surface area contributed by atoms with Crippen LogP contribution in [-0.2, 0) is 6.42 Å². The molecule has 2 unspecified atom stereocenters. The van der Waals surface area contributed by atoms with Crippen LogP contribution in [0.5, 0.6) is 0 Å². The van der Waals surface area contributed by atoms with Crippen LogP contribution >= 0.6 is 0 Å². The van der Waals surface area contributed by atoms with Crippen LogP contribution in [0.1, 0.15) is 54.1 Å². The molecule has 0 fully saturated rings. The van der Waals surface area contributed by atoms with Crippen molar-refractivity contribution in [2.75, 3.05) is 0 Å². The fourth-order valence-electron chi connectivity index (χ4n) is 2.50. The second-order valence-electron chi connectivity index (χ2n) is 5.52. The number of hydrogen-bond donors (Lipinski definition) is 1. The summed E-state index contributed by atoms with van der Waals surface area (Å²) in [5, 5.41) is 15.1. The van der Waals surface area contributed by atoms with Gasteiger partial charge in [0, 0.05) is 5.69 Å². The second kappa shape index (κ2) is 5.80. The van der Waals surface area contributed by atoms with Crippen LogP contribution in [0.4, 0.5) is 0 Å². The third-order valence-corrected chi connectivity index (χ3v) is 4.26. The first-order valence-corrected chi connectivity index (χ1v) is 7.24. The zero-order valence-corrected chi connectivity index (χ0v) is 13.0. The molecule has 2 aromatic rings. The molecule has 0 aliphatic carbocycles. The van der Waals surface area contributed by atoms with Gasteiger partial charge in [-0.2, -0.15) is 5.10 Å². The molecule has 3 nitrogen and oxygen atoms in total. The van der Waals surface area contributed by atoms with E-state index in [9.17, 15) is 5.11 Å². The fraction of sp³-hybridized carbons (Fsp3) is 0.471. The molecule has 0 saturated heterocycles. The molecule has 108 valence electrons. The predicted octanol–water partition coefficient (Wildman–Crippen LogP) is 3.67. The summed E-state index contributed by atoms with van der Waals surface area (Å²) < 4.78 is 1.93. The highest BCUT2D eigenvalue weighted by atomic mass is 16.3. The maximum atomic E-state index is 10.6. The largest absolute Gasteiger partial charge is 0.386 e. The Kier molecular flexibility index (Phi) is 4.29. The molecule has 1 aromatic heterocycles. The van der Waals surface area contributed by atoms with Crippen molar-refractivity contribution in [3.8, 4) is 0 Å². The van der Waals surface area contributed by atoms with E-state index in [-0.39, 0.29) is 6.04 Å². The van der Waals surface area contributed by atoms with E-state index in [0.29, 0.717) is 0 Å². The maximum Gasteiger partial charge on any atom is 0.101 e. The molecule has 0 aliphatic rings. The lowest BCUT2D eigenvalue weighted by Gasteiger charge is -2.21. The highest BCUT2D eigenvalue weighted by molar-refractivity contribution is 5.26. The minimum absolute atomic E-state index is 0.0742. The van der Waals surface area contributed by atoms with Crippen molar-refractivity contribution in [2.24, 2.45) is 0 Å². The monoisotopic (exact) mass is 272 g/mol. The van der Waals surface area contributed by atoms with Gasteiger partial charge in [-0.25, -0.2) is 0 Å². The van der Waals surface area contributed by atoms with E-state index in [1.807, 2.05) is 30.7 Å². The van der Waals surface area contributed by atoms with Gasteiger partial charge in [0.05, 0.1) is 11.7 Å². The summed E-state index contributed by atoms with van der Waals surface area (Å²) in [6, 6.07) is 8.11. The molecule has 1 heterocycles. The highest BCUT2D eigenvalue weighted by Gasteiger charge is 2.21. The van der Waals surface area contributed by atoms with Gasteiger partial charge < -0.3 is 5.11 Å². The van der Waals surface area contributed by atoms with Crippen LogP contribution in [0.3, 0.4) is 0 Å². The molecule has 0 amide bonds. The number of aliphatic hydroxyl groups excluding tert-OH is 1. The standard InChI is InChI=1S/C17H24N2O/c1-6-15-7-9-16(10-8-15)17(20)14(5)19-13(4)11(2)12(3)18-19/h7-10,14,17,20H,6H2,1-5H3. The van der Waals surface area contributed by atoms with E-state index >= 15 is 0 Å². The minimum Gasteiger partial charge on any atom is -0.386 e. The summed E-state index contributed by atoms with van der Waals surface area (Å²) in [6.45, 7) is 10.3. The molecule has 0 bridgehead atoms. The van der Waals surface area contributed by atoms with Crippen LogP contribution < -0.4 is 0 Å². The molecule has 1 N–H and O–H groups in total. The second-order valence-corrected chi connectivity index (χ2v) is 5.52. The van der Waals surface area contributed by atoms with Gasteiger partial charge in [0.15, 0.2) is 0 Å². The van der Waals surface area contributed by atoms with Crippen LogP contribution in [0, 0.1) is 20.8 Å². The molecule has 2 rings (SSSR count). The summed E-state index contributed by atoms with van der Waals surface area (Å²) in [5.74, 6) is 0. The van der Waals surface area contributed by atoms with Gasteiger partial charge in [0.1, 0.15) is 6.10 Å². The van der Waals surface area contributed by atoms with Crippen molar-refractivity contribution in [1.82, 2.24) is 9.78 Å². The van der Waals surface area contributed by atoms with Crippen LogP contribution in [0.25, 0.3) is 0 Å². The predicted molar refractivity (Wildman–Crippen MR) is 81.9 cm³/mol. The minimum atomic E-state index is -0.543. The van der Waals surface area contributed by atoms with E-state index in [2.05, 4.69) is 38.0 Å². The number of rotatable bonds is 4. The highest BCUT2D eigenvalue weighted by Crippen LogP contribution is 2.28. The zero-order valence-electron chi connectivity index (χ0n) is 13.0. The van der Waals surface area contributed by atoms with E-state index in [4.69, 9.17) is 0 Å². The molecule has 0 saturated carbocycles. The summed E-state index contributed by atoms with van der Waals surface area (Å²) in [4.78, 5) is 0. The number of aromatic nitrogens is 2. The molecule has 3 heteroatoms. The summed E-state index contributed by atoms with van der Waals surface area (Å²) >= 11 is 0. The van der Waals surface area contributed by atoms with Gasteiger partial charge in [0.2, 0.25) is 0 Å². The number of benzene rings is 1. The number of aryl methyl sites for hydroxylation is 2. The molecular formula is C17H24N2O. The average Bonchev–Trinajstić information content (AvgIpc) is 2.73. The molecule has 1 aromatic carbocycles. The van der Waals surface area contributed by atoms with Gasteiger partial charge >= 0.3 is 0 Å². The van der Waals surface area contributed by atoms with E-state index in [1.54, 1.807) is 0 Å². The van der Waals surface area contributed by atoms with E-state index < -0.39 is 6.10 Å². The average molecular weight is 272 g/mol. The summed E-state index contributed by atoms with van der Waals surface area (Å²) in [7, 11) is 0. The van der Waals surface area contributed by atoms with Gasteiger partial charge in [-0.05, 0) is 50.8 Å². The molecule has 0 spiro atoms. The SMILES string of the molecule is CCc1ccc(C(O)C(C)n2nc(C)c(C)c2C)cc1. The van der Waals surface area contributed by atoms with Crippen molar-refractivity contribution >= 4 is 0 Å². The number of hydrogen-bond acceptors (Lipinski definition) is 2. The first-order valence-electron chi connectivity index (χ1n) is 7.24. The zero-order chi connectivity index (χ0) is 14.9.